The predicted octanol–water partition coefficient (Wildman–Crippen LogP) is 5.38. The van der Waals surface area contributed by atoms with E-state index < -0.39 is 7.60 Å². The minimum atomic E-state index is -3.41. The molecule has 0 spiro atoms. The number of fused-ring (bicyclic) bond motifs is 1. The summed E-state index contributed by atoms with van der Waals surface area (Å²) in [5.41, 5.74) is 1.35. The van der Waals surface area contributed by atoms with Crippen molar-refractivity contribution in [1.29, 1.82) is 0 Å². The summed E-state index contributed by atoms with van der Waals surface area (Å²) < 4.78 is 40.6. The number of piperazine rings is 1. The third kappa shape index (κ3) is 7.78. The lowest BCUT2D eigenvalue weighted by Crippen LogP contribution is -2.50. The number of nitrogens with one attached hydrogen (secondary N) is 1. The summed E-state index contributed by atoms with van der Waals surface area (Å²) in [7, 11) is -1.88. The fourth-order valence-corrected chi connectivity index (χ4v) is 5.75. The molecule has 0 bridgehead atoms. The van der Waals surface area contributed by atoms with Crippen LogP contribution in [-0.2, 0) is 13.6 Å². The molecule has 2 heterocycles. The normalized spacial score (nSPS) is 13.9. The smallest absolute Gasteiger partial charge is 0.367 e. The molecule has 2 aromatic carbocycles. The van der Waals surface area contributed by atoms with Gasteiger partial charge in [-0.25, -0.2) is 14.8 Å². The maximum atomic E-state index is 12.9. The van der Waals surface area contributed by atoms with Crippen LogP contribution in [-0.4, -0.2) is 79.9 Å². The Labute approximate surface area is 240 Å². The Kier molecular flexibility index (Phi) is 10.3. The second-order valence-corrected chi connectivity index (χ2v) is 11.5. The van der Waals surface area contributed by atoms with Gasteiger partial charge in [-0.2, -0.15) is 0 Å². The Morgan fingerprint density at radius 2 is 1.68 bits per heavy atom. The number of carbonyl (C=O) groups is 1. The van der Waals surface area contributed by atoms with E-state index in [4.69, 9.17) is 23.3 Å². The Morgan fingerprint density at radius 1 is 1.00 bits per heavy atom. The molecule has 0 aliphatic carbocycles. The Balaban J connectivity index is 1.42. The maximum absolute atomic E-state index is 12.9. The number of ether oxygens (including phenoxy) is 3. The summed E-state index contributed by atoms with van der Waals surface area (Å²) in [5, 5.41) is 3.73. The van der Waals surface area contributed by atoms with Crippen molar-refractivity contribution in [3.05, 3.63) is 42.7 Å². The highest BCUT2D eigenvalue weighted by Gasteiger charge is 2.27. The zero-order chi connectivity index (χ0) is 29.4. The SMILES string of the molecule is CCOP(=O)(COc1cc2ncnc(N3CCN(C(=O)Nc4ccc(OC(C)C)cc4)CC3)c2cc1OC)OCC. The molecule has 1 aromatic heterocycles. The van der Waals surface area contributed by atoms with Gasteiger partial charge >= 0.3 is 13.6 Å². The zero-order valence-electron chi connectivity index (χ0n) is 24.2. The van der Waals surface area contributed by atoms with Crippen LogP contribution < -0.4 is 24.4 Å². The number of hydrogen-bond acceptors (Lipinski definition) is 10. The van der Waals surface area contributed by atoms with Gasteiger partial charge in [0.15, 0.2) is 17.8 Å². The van der Waals surface area contributed by atoms with Crippen molar-refractivity contribution < 1.29 is 32.6 Å². The van der Waals surface area contributed by atoms with Gasteiger partial charge in [0.25, 0.3) is 0 Å². The minimum Gasteiger partial charge on any atom is -0.493 e. The average molecular weight is 588 g/mol. The molecular weight excluding hydrogens is 549 g/mol. The third-order valence-electron chi connectivity index (χ3n) is 6.27. The van der Waals surface area contributed by atoms with E-state index in [1.54, 1.807) is 30.9 Å². The molecule has 222 valence electrons. The summed E-state index contributed by atoms with van der Waals surface area (Å²) >= 11 is 0. The minimum absolute atomic E-state index is 0.0850. The van der Waals surface area contributed by atoms with Crippen LogP contribution >= 0.6 is 7.60 Å². The van der Waals surface area contributed by atoms with E-state index in [1.165, 1.54) is 13.4 Å². The first-order valence-corrected chi connectivity index (χ1v) is 15.4. The Bertz CT molecular complexity index is 1350. The van der Waals surface area contributed by atoms with Crippen LogP contribution in [0.4, 0.5) is 16.3 Å². The van der Waals surface area contributed by atoms with E-state index in [2.05, 4.69) is 20.2 Å². The van der Waals surface area contributed by atoms with Crippen molar-refractivity contribution in [2.24, 2.45) is 0 Å². The van der Waals surface area contributed by atoms with E-state index in [0.29, 0.717) is 48.9 Å². The predicted molar refractivity (Wildman–Crippen MR) is 157 cm³/mol. The van der Waals surface area contributed by atoms with Gasteiger partial charge in [-0.15, -0.1) is 0 Å². The molecule has 1 aliphatic rings. The van der Waals surface area contributed by atoms with Gasteiger partial charge in [0.05, 0.1) is 31.9 Å². The zero-order valence-corrected chi connectivity index (χ0v) is 25.1. The summed E-state index contributed by atoms with van der Waals surface area (Å²) in [6.45, 7) is 10.1. The van der Waals surface area contributed by atoms with E-state index in [-0.39, 0.29) is 31.7 Å². The number of methoxy groups -OCH3 is 1. The van der Waals surface area contributed by atoms with Crippen molar-refractivity contribution in [2.45, 2.75) is 33.8 Å². The lowest BCUT2D eigenvalue weighted by Gasteiger charge is -2.35. The summed E-state index contributed by atoms with van der Waals surface area (Å²) in [6, 6.07) is 10.7. The summed E-state index contributed by atoms with van der Waals surface area (Å²) in [6.07, 6.45) is 1.32. The van der Waals surface area contributed by atoms with Gasteiger partial charge in [-0.3, -0.25) is 4.57 Å². The molecule has 0 unspecified atom stereocenters. The first-order chi connectivity index (χ1) is 19.7. The van der Waals surface area contributed by atoms with Crippen LogP contribution in [0.1, 0.15) is 27.7 Å². The fraction of sp³-hybridized carbons (Fsp3) is 0.464. The van der Waals surface area contributed by atoms with Crippen LogP contribution in [0, 0.1) is 0 Å². The van der Waals surface area contributed by atoms with Gasteiger partial charge in [-0.1, -0.05) is 0 Å². The molecule has 13 heteroatoms. The van der Waals surface area contributed by atoms with Gasteiger partial charge in [0.1, 0.15) is 17.9 Å². The molecule has 12 nitrogen and oxygen atoms in total. The van der Waals surface area contributed by atoms with Crippen molar-refractivity contribution in [2.75, 3.05) is 63.1 Å². The number of aromatic nitrogens is 2. The van der Waals surface area contributed by atoms with Gasteiger partial charge < -0.3 is 38.4 Å². The largest absolute Gasteiger partial charge is 0.493 e. The van der Waals surface area contributed by atoms with Crippen LogP contribution in [0.15, 0.2) is 42.7 Å². The molecule has 41 heavy (non-hydrogen) atoms. The second-order valence-electron chi connectivity index (χ2n) is 9.53. The maximum Gasteiger partial charge on any atom is 0.367 e. The highest BCUT2D eigenvalue weighted by atomic mass is 31.2. The first-order valence-electron chi connectivity index (χ1n) is 13.7. The van der Waals surface area contributed by atoms with Gasteiger partial charge in [0.2, 0.25) is 0 Å². The molecular formula is C28H38N5O7P. The molecule has 0 saturated carbocycles. The number of hydrogen-bond donors (Lipinski definition) is 1. The molecule has 1 N–H and O–H groups in total. The molecule has 3 aromatic rings. The van der Waals surface area contributed by atoms with Crippen molar-refractivity contribution in [3.63, 3.8) is 0 Å². The van der Waals surface area contributed by atoms with Crippen LogP contribution in [0.2, 0.25) is 0 Å². The van der Waals surface area contributed by atoms with Crippen molar-refractivity contribution in [1.82, 2.24) is 14.9 Å². The quantitative estimate of drug-likeness (QED) is 0.276. The molecule has 0 radical (unpaired) electrons. The van der Waals surface area contributed by atoms with E-state index >= 15 is 0 Å². The Morgan fingerprint density at radius 3 is 2.29 bits per heavy atom. The molecule has 4 rings (SSSR count). The number of urea groups is 1. The van der Waals surface area contributed by atoms with E-state index in [1.807, 2.05) is 38.1 Å². The molecule has 1 aliphatic heterocycles. The van der Waals surface area contributed by atoms with Crippen LogP contribution in [0.25, 0.3) is 10.9 Å². The molecule has 2 amide bonds. The lowest BCUT2D eigenvalue weighted by molar-refractivity contribution is 0.195. The third-order valence-corrected chi connectivity index (χ3v) is 8.02. The highest BCUT2D eigenvalue weighted by molar-refractivity contribution is 7.53. The second kappa shape index (κ2) is 13.8. The lowest BCUT2D eigenvalue weighted by atomic mass is 10.2. The van der Waals surface area contributed by atoms with Crippen molar-refractivity contribution >= 4 is 36.0 Å². The number of carbonyl (C=O) groups excluding carboxylic acids is 1. The standard InChI is InChI=1S/C28H38N5O7P/c1-6-38-41(35,39-7-2)19-37-26-17-24-23(16-25(26)36-5)27(30-18-29-24)32-12-14-33(15-13-32)28(34)31-21-8-10-22(11-9-21)40-20(3)4/h8-11,16-18,20H,6-7,12-15,19H2,1-5H3,(H,31,34). The Hall–Kier alpha value is -3.60. The van der Waals surface area contributed by atoms with Crippen LogP contribution in [0.3, 0.4) is 0 Å². The number of rotatable bonds is 12. The van der Waals surface area contributed by atoms with Crippen molar-refractivity contribution in [3.8, 4) is 17.2 Å². The number of nitrogens with zero attached hydrogens (tertiary/aromatic N) is 4. The van der Waals surface area contributed by atoms with Gasteiger partial charge in [-0.05, 0) is 58.0 Å². The van der Waals surface area contributed by atoms with E-state index in [9.17, 15) is 9.36 Å². The summed E-state index contributed by atoms with van der Waals surface area (Å²) in [5.74, 6) is 2.30. The molecule has 1 saturated heterocycles. The average Bonchev–Trinajstić information content (AvgIpc) is 2.96. The number of benzene rings is 2. The van der Waals surface area contributed by atoms with Crippen LogP contribution in [0.5, 0.6) is 17.2 Å². The number of amides is 2. The molecule has 1 fully saturated rings. The summed E-state index contributed by atoms with van der Waals surface area (Å²) in [4.78, 5) is 25.7. The highest BCUT2D eigenvalue weighted by Crippen LogP contribution is 2.49. The van der Waals surface area contributed by atoms with Gasteiger partial charge in [0, 0.05) is 43.3 Å². The number of anilines is 2. The topological polar surface area (TPSA) is 125 Å². The fourth-order valence-electron chi connectivity index (χ4n) is 4.44. The van der Waals surface area contributed by atoms with E-state index in [0.717, 1.165) is 17.0 Å². The monoisotopic (exact) mass is 587 g/mol. The first kappa shape index (κ1) is 30.4. The molecule has 0 atom stereocenters.